The lowest BCUT2D eigenvalue weighted by atomic mass is 10.1. The normalized spacial score (nSPS) is 11.8. The van der Waals surface area contributed by atoms with Gasteiger partial charge in [-0.05, 0) is 69.7 Å². The molecule has 0 spiro atoms. The molecule has 2 amide bonds. The Morgan fingerprint density at radius 2 is 1.66 bits per heavy atom. The van der Waals surface area contributed by atoms with E-state index in [2.05, 4.69) is 15.4 Å². The highest BCUT2D eigenvalue weighted by atomic mass is 35.5. The second-order valence-electron chi connectivity index (χ2n) is 7.52. The molecule has 2 aromatic carbocycles. The summed E-state index contributed by atoms with van der Waals surface area (Å²) in [5.41, 5.74) is 0.919. The molecule has 0 saturated carbocycles. The van der Waals surface area contributed by atoms with Gasteiger partial charge in [-0.3, -0.25) is 9.59 Å². The molecule has 0 aliphatic heterocycles. The Kier molecular flexibility index (Phi) is 7.05. The fraction of sp³-hybridized carbons (Fsp3) is 0.300. The van der Waals surface area contributed by atoms with E-state index in [1.54, 1.807) is 45.9 Å². The standard InChI is InChI=1S/C20H24ClN3O4S/c1-13-16(21)6-5-7-17(13)23-18(25)12-22-19(26)14-8-10-15(11-9-14)29(27,28)24-20(2,3)4/h5-11,24H,12H2,1-4H3,(H,22,26)(H,23,25). The molecule has 0 heterocycles. The lowest BCUT2D eigenvalue weighted by Crippen LogP contribution is -2.40. The van der Waals surface area contributed by atoms with Crippen LogP contribution in [0.2, 0.25) is 5.02 Å². The molecule has 2 rings (SSSR count). The third-order valence-corrected chi connectivity index (χ3v) is 6.00. The Morgan fingerprint density at radius 3 is 2.24 bits per heavy atom. The number of anilines is 1. The maximum Gasteiger partial charge on any atom is 0.251 e. The highest BCUT2D eigenvalue weighted by molar-refractivity contribution is 7.89. The summed E-state index contributed by atoms with van der Waals surface area (Å²) in [6.45, 7) is 6.75. The van der Waals surface area contributed by atoms with Gasteiger partial charge in [0.15, 0.2) is 0 Å². The predicted molar refractivity (Wildman–Crippen MR) is 114 cm³/mol. The molecule has 0 unspecified atom stereocenters. The Bertz CT molecular complexity index is 1010. The summed E-state index contributed by atoms with van der Waals surface area (Å²) in [5, 5.41) is 5.71. The van der Waals surface area contributed by atoms with E-state index in [1.807, 2.05) is 0 Å². The Labute approximate surface area is 175 Å². The van der Waals surface area contributed by atoms with Gasteiger partial charge in [-0.25, -0.2) is 13.1 Å². The van der Waals surface area contributed by atoms with Crippen molar-refractivity contribution in [3.8, 4) is 0 Å². The average molecular weight is 438 g/mol. The fourth-order valence-corrected chi connectivity index (χ4v) is 4.04. The summed E-state index contributed by atoms with van der Waals surface area (Å²) < 4.78 is 27.1. The molecule has 0 aliphatic carbocycles. The van der Waals surface area contributed by atoms with Gasteiger partial charge in [0.25, 0.3) is 5.91 Å². The van der Waals surface area contributed by atoms with Crippen LogP contribution in [0.4, 0.5) is 5.69 Å². The van der Waals surface area contributed by atoms with Crippen molar-refractivity contribution in [2.75, 3.05) is 11.9 Å². The minimum absolute atomic E-state index is 0.0538. The summed E-state index contributed by atoms with van der Waals surface area (Å²) in [7, 11) is -3.69. The second kappa shape index (κ2) is 8.94. The number of hydrogen-bond donors (Lipinski definition) is 3. The maximum absolute atomic E-state index is 12.3. The lowest BCUT2D eigenvalue weighted by molar-refractivity contribution is -0.115. The molecule has 0 fully saturated rings. The molecule has 0 aromatic heterocycles. The summed E-state index contributed by atoms with van der Waals surface area (Å²) >= 11 is 6.02. The number of amides is 2. The van der Waals surface area contributed by atoms with E-state index in [-0.39, 0.29) is 17.0 Å². The Balaban J connectivity index is 1.97. The maximum atomic E-state index is 12.3. The van der Waals surface area contributed by atoms with Gasteiger partial charge in [0, 0.05) is 21.8 Å². The van der Waals surface area contributed by atoms with Crippen LogP contribution in [0.3, 0.4) is 0 Å². The highest BCUT2D eigenvalue weighted by Gasteiger charge is 2.22. The first-order valence-electron chi connectivity index (χ1n) is 8.86. The molecule has 0 atom stereocenters. The van der Waals surface area contributed by atoms with Gasteiger partial charge in [-0.2, -0.15) is 0 Å². The minimum atomic E-state index is -3.69. The van der Waals surface area contributed by atoms with Crippen molar-refractivity contribution in [3.63, 3.8) is 0 Å². The van der Waals surface area contributed by atoms with Crippen molar-refractivity contribution in [1.29, 1.82) is 0 Å². The van der Waals surface area contributed by atoms with Crippen LogP contribution in [0.5, 0.6) is 0 Å². The van der Waals surface area contributed by atoms with Crippen molar-refractivity contribution >= 4 is 39.1 Å². The van der Waals surface area contributed by atoms with Crippen LogP contribution in [-0.4, -0.2) is 32.3 Å². The largest absolute Gasteiger partial charge is 0.343 e. The zero-order valence-electron chi connectivity index (χ0n) is 16.7. The van der Waals surface area contributed by atoms with Crippen LogP contribution in [-0.2, 0) is 14.8 Å². The van der Waals surface area contributed by atoms with Crippen LogP contribution < -0.4 is 15.4 Å². The van der Waals surface area contributed by atoms with Gasteiger partial charge < -0.3 is 10.6 Å². The summed E-state index contributed by atoms with van der Waals surface area (Å²) in [5.74, 6) is -0.895. The molecule has 0 bridgehead atoms. The number of sulfonamides is 1. The summed E-state index contributed by atoms with van der Waals surface area (Å²) in [4.78, 5) is 24.4. The van der Waals surface area contributed by atoms with E-state index < -0.39 is 27.4 Å². The van der Waals surface area contributed by atoms with Crippen molar-refractivity contribution in [2.45, 2.75) is 38.1 Å². The first-order chi connectivity index (χ1) is 13.4. The predicted octanol–water partition coefficient (Wildman–Crippen LogP) is 3.09. The smallest absolute Gasteiger partial charge is 0.251 e. The third-order valence-electron chi connectivity index (χ3n) is 3.82. The fourth-order valence-electron chi connectivity index (χ4n) is 2.45. The number of nitrogens with one attached hydrogen (secondary N) is 3. The molecule has 29 heavy (non-hydrogen) atoms. The molecular formula is C20H24ClN3O4S. The molecular weight excluding hydrogens is 414 g/mol. The van der Waals surface area contributed by atoms with Gasteiger partial charge in [0.1, 0.15) is 0 Å². The van der Waals surface area contributed by atoms with Gasteiger partial charge in [-0.15, -0.1) is 0 Å². The quantitative estimate of drug-likeness (QED) is 0.645. The van der Waals surface area contributed by atoms with Crippen LogP contribution in [0, 0.1) is 6.92 Å². The number of rotatable bonds is 6. The van der Waals surface area contributed by atoms with E-state index >= 15 is 0 Å². The zero-order valence-corrected chi connectivity index (χ0v) is 18.2. The average Bonchev–Trinajstić information content (AvgIpc) is 2.62. The van der Waals surface area contributed by atoms with Gasteiger partial charge in [0.2, 0.25) is 15.9 Å². The molecule has 0 saturated heterocycles. The zero-order chi connectivity index (χ0) is 21.8. The number of hydrogen-bond acceptors (Lipinski definition) is 4. The second-order valence-corrected chi connectivity index (χ2v) is 9.61. The van der Waals surface area contributed by atoms with Gasteiger partial charge in [-0.1, -0.05) is 17.7 Å². The van der Waals surface area contributed by atoms with E-state index in [4.69, 9.17) is 11.6 Å². The molecule has 0 aliphatic rings. The van der Waals surface area contributed by atoms with Crippen LogP contribution in [0.1, 0.15) is 36.7 Å². The van der Waals surface area contributed by atoms with Crippen molar-refractivity contribution in [2.24, 2.45) is 0 Å². The summed E-state index contributed by atoms with van der Waals surface area (Å²) in [6, 6.07) is 10.6. The van der Waals surface area contributed by atoms with Crippen LogP contribution >= 0.6 is 11.6 Å². The summed E-state index contributed by atoms with van der Waals surface area (Å²) in [6.07, 6.45) is 0. The highest BCUT2D eigenvalue weighted by Crippen LogP contribution is 2.22. The number of halogens is 1. The topological polar surface area (TPSA) is 104 Å². The van der Waals surface area contributed by atoms with Crippen LogP contribution in [0.15, 0.2) is 47.4 Å². The van der Waals surface area contributed by atoms with Gasteiger partial charge >= 0.3 is 0 Å². The first kappa shape index (κ1) is 22.9. The SMILES string of the molecule is Cc1c(Cl)cccc1NC(=O)CNC(=O)c1ccc(S(=O)(=O)NC(C)(C)C)cc1. The van der Waals surface area contributed by atoms with E-state index in [1.165, 1.54) is 24.3 Å². The number of benzene rings is 2. The number of carbonyl (C=O) groups is 2. The molecule has 3 N–H and O–H groups in total. The van der Waals surface area contributed by atoms with Crippen molar-refractivity contribution in [3.05, 3.63) is 58.6 Å². The first-order valence-corrected chi connectivity index (χ1v) is 10.7. The molecule has 156 valence electrons. The monoisotopic (exact) mass is 437 g/mol. The van der Waals surface area contributed by atoms with Gasteiger partial charge in [0.05, 0.1) is 11.4 Å². The van der Waals surface area contributed by atoms with E-state index in [0.29, 0.717) is 10.7 Å². The Morgan fingerprint density at radius 1 is 1.03 bits per heavy atom. The molecule has 0 radical (unpaired) electrons. The van der Waals surface area contributed by atoms with E-state index in [9.17, 15) is 18.0 Å². The minimum Gasteiger partial charge on any atom is -0.343 e. The number of carbonyl (C=O) groups excluding carboxylic acids is 2. The van der Waals surface area contributed by atoms with Crippen LogP contribution in [0.25, 0.3) is 0 Å². The van der Waals surface area contributed by atoms with E-state index in [0.717, 1.165) is 5.56 Å². The van der Waals surface area contributed by atoms with Crippen molar-refractivity contribution in [1.82, 2.24) is 10.0 Å². The molecule has 2 aromatic rings. The van der Waals surface area contributed by atoms with Crippen molar-refractivity contribution < 1.29 is 18.0 Å². The third kappa shape index (κ3) is 6.56. The molecule has 7 nitrogen and oxygen atoms in total. The Hall–Kier alpha value is -2.42. The molecule has 9 heteroatoms. The lowest BCUT2D eigenvalue weighted by Gasteiger charge is -2.20.